The molecule has 0 heterocycles. The zero-order valence-corrected chi connectivity index (χ0v) is 14.8. The molecule has 0 aromatic heterocycles. The number of carbonyl (C=O) groups excluding carboxylic acids is 2. The van der Waals surface area contributed by atoms with Crippen molar-refractivity contribution >= 4 is 33.3 Å². The number of halogens is 1. The van der Waals surface area contributed by atoms with Crippen LogP contribution in [0.2, 0.25) is 5.02 Å². The Labute approximate surface area is 151 Å². The van der Waals surface area contributed by atoms with Crippen LogP contribution < -0.4 is 10.0 Å². The molecule has 2 aromatic rings. The maximum Gasteiger partial charge on any atom is 0.292 e. The molecule has 0 saturated heterocycles. The molecule has 8 heteroatoms. The largest absolute Gasteiger partial charge is 0.348 e. The van der Waals surface area contributed by atoms with Crippen LogP contribution in [-0.2, 0) is 21.4 Å². The summed E-state index contributed by atoms with van der Waals surface area (Å²) in [5.41, 5.74) is 1.01. The highest BCUT2D eigenvalue weighted by Crippen LogP contribution is 2.10. The number of hydrogen-bond acceptors (Lipinski definition) is 4. The molecule has 0 aliphatic heterocycles. The van der Waals surface area contributed by atoms with Gasteiger partial charge in [-0.2, -0.15) is 0 Å². The van der Waals surface area contributed by atoms with Crippen LogP contribution in [0.3, 0.4) is 0 Å². The normalized spacial score (nSPS) is 11.1. The second kappa shape index (κ2) is 8.75. The Bertz CT molecular complexity index is 837. The minimum absolute atomic E-state index is 0.164. The molecular weight excluding hydrogens is 364 g/mol. The number of nitrogens with one attached hydrogen (secondary N) is 2. The number of Topliss-reactive ketones (excluding diaryl/α,β-unsaturated/α-hetero) is 1. The summed E-state index contributed by atoms with van der Waals surface area (Å²) in [6.07, 6.45) is 0. The molecule has 0 fully saturated rings. The topological polar surface area (TPSA) is 92.3 Å². The van der Waals surface area contributed by atoms with Gasteiger partial charge in [0.2, 0.25) is 15.8 Å². The number of hydrogen-bond donors (Lipinski definition) is 2. The van der Waals surface area contributed by atoms with Gasteiger partial charge in [-0.15, -0.1) is 0 Å². The van der Waals surface area contributed by atoms with Crippen LogP contribution in [0.25, 0.3) is 0 Å². The number of benzene rings is 2. The fraction of sp³-hybridized carbons (Fsp3) is 0.176. The molecule has 0 atom stereocenters. The van der Waals surface area contributed by atoms with Crippen LogP contribution in [0.4, 0.5) is 0 Å². The lowest BCUT2D eigenvalue weighted by molar-refractivity contribution is -0.116. The molecule has 132 valence electrons. The fourth-order valence-corrected chi connectivity index (χ4v) is 3.00. The van der Waals surface area contributed by atoms with Gasteiger partial charge in [0.1, 0.15) is 0 Å². The first-order chi connectivity index (χ1) is 11.9. The van der Waals surface area contributed by atoms with Crippen molar-refractivity contribution in [3.8, 4) is 0 Å². The van der Waals surface area contributed by atoms with Gasteiger partial charge in [-0.1, -0.05) is 41.9 Å². The van der Waals surface area contributed by atoms with Gasteiger partial charge in [-0.05, 0) is 29.8 Å². The van der Waals surface area contributed by atoms with E-state index in [0.717, 1.165) is 5.56 Å². The minimum atomic E-state index is -3.56. The van der Waals surface area contributed by atoms with Gasteiger partial charge in [0.15, 0.2) is 0 Å². The monoisotopic (exact) mass is 380 g/mol. The minimum Gasteiger partial charge on any atom is -0.348 e. The Kier molecular flexibility index (Phi) is 6.69. The molecule has 0 radical (unpaired) electrons. The number of sulfonamides is 1. The third-order valence-electron chi connectivity index (χ3n) is 3.31. The molecule has 0 unspecified atom stereocenters. The van der Waals surface area contributed by atoms with Crippen LogP contribution in [0.15, 0.2) is 54.6 Å². The third-order valence-corrected chi connectivity index (χ3v) is 4.89. The molecule has 6 nitrogen and oxygen atoms in total. The maximum atomic E-state index is 11.9. The number of amides is 1. The molecule has 2 aromatic carbocycles. The van der Waals surface area contributed by atoms with Crippen LogP contribution in [0.1, 0.15) is 15.9 Å². The van der Waals surface area contributed by atoms with Gasteiger partial charge < -0.3 is 5.32 Å². The van der Waals surface area contributed by atoms with Crippen molar-refractivity contribution in [2.24, 2.45) is 0 Å². The van der Waals surface area contributed by atoms with E-state index < -0.39 is 21.7 Å². The van der Waals surface area contributed by atoms with Crippen molar-refractivity contribution in [2.75, 3.05) is 12.3 Å². The van der Waals surface area contributed by atoms with E-state index in [0.29, 0.717) is 5.02 Å². The Balaban J connectivity index is 1.79. The van der Waals surface area contributed by atoms with Crippen molar-refractivity contribution in [1.29, 1.82) is 0 Å². The summed E-state index contributed by atoms with van der Waals surface area (Å²) >= 11 is 5.72. The van der Waals surface area contributed by atoms with E-state index in [1.807, 2.05) is 18.2 Å². The standard InChI is InChI=1S/C17H17ClN2O4S/c18-15-8-6-14(7-9-15)16(21)17(22)19-10-11-25(23,24)20-12-13-4-2-1-3-5-13/h1-9,20H,10-12H2,(H,19,22). The van der Waals surface area contributed by atoms with Gasteiger partial charge >= 0.3 is 0 Å². The highest BCUT2D eigenvalue weighted by atomic mass is 35.5. The fourth-order valence-electron chi connectivity index (χ4n) is 1.97. The van der Waals surface area contributed by atoms with E-state index in [1.54, 1.807) is 12.1 Å². The zero-order chi connectivity index (χ0) is 18.3. The maximum absolute atomic E-state index is 11.9. The highest BCUT2D eigenvalue weighted by molar-refractivity contribution is 7.89. The Morgan fingerprint density at radius 2 is 1.60 bits per heavy atom. The van der Waals surface area contributed by atoms with E-state index in [4.69, 9.17) is 11.6 Å². The van der Waals surface area contributed by atoms with E-state index >= 15 is 0 Å². The Morgan fingerprint density at radius 3 is 2.24 bits per heavy atom. The molecule has 2 N–H and O–H groups in total. The van der Waals surface area contributed by atoms with E-state index in [2.05, 4.69) is 10.0 Å². The Hall–Kier alpha value is -2.22. The van der Waals surface area contributed by atoms with Gasteiger partial charge in [-0.25, -0.2) is 13.1 Å². The van der Waals surface area contributed by atoms with Crippen molar-refractivity contribution in [1.82, 2.24) is 10.0 Å². The molecule has 25 heavy (non-hydrogen) atoms. The van der Waals surface area contributed by atoms with E-state index in [-0.39, 0.29) is 24.4 Å². The van der Waals surface area contributed by atoms with Gasteiger partial charge in [0.25, 0.3) is 5.91 Å². The smallest absolute Gasteiger partial charge is 0.292 e. The number of rotatable bonds is 8. The summed E-state index contributed by atoms with van der Waals surface area (Å²) < 4.78 is 26.2. The molecule has 0 aliphatic rings. The molecule has 2 rings (SSSR count). The molecule has 0 aliphatic carbocycles. The van der Waals surface area contributed by atoms with Crippen molar-refractivity contribution < 1.29 is 18.0 Å². The number of carbonyl (C=O) groups is 2. The summed E-state index contributed by atoms with van der Waals surface area (Å²) in [5.74, 6) is -1.92. The van der Waals surface area contributed by atoms with E-state index in [9.17, 15) is 18.0 Å². The lowest BCUT2D eigenvalue weighted by atomic mass is 10.1. The average Bonchev–Trinajstić information content (AvgIpc) is 2.61. The summed E-state index contributed by atoms with van der Waals surface area (Å²) in [6.45, 7) is 0.00309. The molecule has 0 spiro atoms. The average molecular weight is 381 g/mol. The predicted octanol–water partition coefficient (Wildman–Crippen LogP) is 1.76. The zero-order valence-electron chi connectivity index (χ0n) is 13.2. The molecule has 0 saturated carbocycles. The first-order valence-electron chi connectivity index (χ1n) is 7.47. The van der Waals surface area contributed by atoms with Crippen LogP contribution >= 0.6 is 11.6 Å². The molecular formula is C17H17ClN2O4S. The lowest BCUT2D eigenvalue weighted by Gasteiger charge is -2.08. The van der Waals surface area contributed by atoms with Crippen LogP contribution in [0, 0.1) is 0 Å². The second-order valence-electron chi connectivity index (χ2n) is 5.22. The lowest BCUT2D eigenvalue weighted by Crippen LogP contribution is -2.37. The van der Waals surface area contributed by atoms with Gasteiger partial charge in [0.05, 0.1) is 5.75 Å². The number of ketones is 1. The highest BCUT2D eigenvalue weighted by Gasteiger charge is 2.17. The second-order valence-corrected chi connectivity index (χ2v) is 7.58. The van der Waals surface area contributed by atoms with Crippen LogP contribution in [-0.4, -0.2) is 32.4 Å². The van der Waals surface area contributed by atoms with Crippen molar-refractivity contribution in [3.05, 3.63) is 70.7 Å². The summed E-state index contributed by atoms with van der Waals surface area (Å²) in [5, 5.41) is 2.76. The third kappa shape index (κ3) is 6.30. The van der Waals surface area contributed by atoms with Gasteiger partial charge in [0, 0.05) is 23.7 Å². The van der Waals surface area contributed by atoms with E-state index in [1.165, 1.54) is 24.3 Å². The SMILES string of the molecule is O=C(NCCS(=O)(=O)NCc1ccccc1)C(=O)c1ccc(Cl)cc1. The first kappa shape index (κ1) is 19.1. The van der Waals surface area contributed by atoms with Crippen molar-refractivity contribution in [3.63, 3.8) is 0 Å². The molecule has 0 bridgehead atoms. The van der Waals surface area contributed by atoms with Crippen LogP contribution in [0.5, 0.6) is 0 Å². The predicted molar refractivity (Wildman–Crippen MR) is 95.9 cm³/mol. The van der Waals surface area contributed by atoms with Gasteiger partial charge in [-0.3, -0.25) is 9.59 Å². The quantitative estimate of drug-likeness (QED) is 0.539. The summed E-state index contributed by atoms with van der Waals surface area (Å²) in [6, 6.07) is 14.9. The summed E-state index contributed by atoms with van der Waals surface area (Å²) in [4.78, 5) is 23.7. The summed E-state index contributed by atoms with van der Waals surface area (Å²) in [7, 11) is -3.56. The first-order valence-corrected chi connectivity index (χ1v) is 9.50. The Morgan fingerprint density at radius 1 is 0.960 bits per heavy atom. The van der Waals surface area contributed by atoms with Crippen molar-refractivity contribution in [2.45, 2.75) is 6.54 Å². The molecule has 1 amide bonds.